The summed E-state index contributed by atoms with van der Waals surface area (Å²) in [6, 6.07) is 4.04. The molecule has 2 aliphatic heterocycles. The summed E-state index contributed by atoms with van der Waals surface area (Å²) in [4.78, 5) is 6.76. The predicted molar refractivity (Wildman–Crippen MR) is 103 cm³/mol. The van der Waals surface area contributed by atoms with Crippen LogP contribution in [0.25, 0.3) is 0 Å². The van der Waals surface area contributed by atoms with Crippen LogP contribution in [-0.2, 0) is 0 Å². The zero-order chi connectivity index (χ0) is 23.5. The summed E-state index contributed by atoms with van der Waals surface area (Å²) in [5, 5.41) is 0. The Balaban J connectivity index is 1.96. The van der Waals surface area contributed by atoms with E-state index in [9.17, 15) is 0 Å². The topological polar surface area (TPSA) is 13.0 Å². The van der Waals surface area contributed by atoms with Crippen molar-refractivity contribution in [2.75, 3.05) is 22.8 Å². The highest BCUT2D eigenvalue weighted by atomic mass is 15.4. The molecule has 0 fully saturated rings. The maximum Gasteiger partial charge on any atom is 0.102 e. The molecule has 2 atom stereocenters. The Kier molecular flexibility index (Phi) is 2.68. The van der Waals surface area contributed by atoms with Crippen LogP contribution in [0, 0.1) is 13.8 Å². The lowest BCUT2D eigenvalue weighted by Crippen LogP contribution is -2.37. The van der Waals surface area contributed by atoms with Gasteiger partial charge in [0.1, 0.15) is 12.3 Å². The Morgan fingerprint density at radius 2 is 1.42 bits per heavy atom. The third-order valence-electron chi connectivity index (χ3n) is 4.83. The lowest BCUT2D eigenvalue weighted by Gasteiger charge is -2.34. The van der Waals surface area contributed by atoms with Crippen molar-refractivity contribution in [3.63, 3.8) is 0 Å². The molecule has 0 radical (unpaired) electrons. The lowest BCUT2D eigenvalue weighted by molar-refractivity contribution is 0.333. The number of aryl methyl sites for hydroxylation is 1. The predicted octanol–water partition coefficient (Wildman–Crippen LogP) is 4.22. The van der Waals surface area contributed by atoms with Gasteiger partial charge in [-0.1, -0.05) is 0 Å². The molecule has 1 aromatic rings. The molecule has 0 amide bonds. The number of hydrogen-bond donors (Lipinski definition) is 0. The molecule has 4 heteroatoms. The van der Waals surface area contributed by atoms with E-state index in [4.69, 9.17) is 9.60 Å². The van der Waals surface area contributed by atoms with Crippen molar-refractivity contribution in [1.29, 1.82) is 0 Å². The van der Waals surface area contributed by atoms with Gasteiger partial charge in [-0.3, -0.25) is 0 Å². The molecule has 0 spiro atoms. The number of hydrogen-bond acceptors (Lipinski definition) is 4. The second-order valence-corrected chi connectivity index (χ2v) is 6.25. The highest BCUT2D eigenvalue weighted by Crippen LogP contribution is 2.37. The monoisotopic (exact) mass is 333 g/mol. The van der Waals surface area contributed by atoms with Crippen LogP contribution in [0.3, 0.4) is 0 Å². The fraction of sp³-hybridized carbons (Fsp3) is 0.500. The molecule has 0 aromatic heterocycles. The van der Waals surface area contributed by atoms with E-state index in [2.05, 4.69) is 0 Å². The van der Waals surface area contributed by atoms with E-state index in [1.54, 1.807) is 24.2 Å². The molecular formula is C20H30N4. The third-order valence-corrected chi connectivity index (χ3v) is 4.83. The molecule has 0 N–H and O–H groups in total. The van der Waals surface area contributed by atoms with Crippen LogP contribution in [0.1, 0.15) is 48.3 Å². The molecule has 0 unspecified atom stereocenters. The van der Waals surface area contributed by atoms with Crippen molar-refractivity contribution in [3.8, 4) is 0 Å². The van der Waals surface area contributed by atoms with Crippen molar-refractivity contribution < 1.29 is 9.60 Å². The van der Waals surface area contributed by atoms with E-state index in [1.807, 2.05) is 48.9 Å². The standard InChI is InChI=1S/C20H30N4/c1-7-21-9-11-23(17(21)5)19-13-15(3)14-20(16(19)4)24-12-10-22(8-2)18(24)6/h9-14,17-18H,7-8H2,1-6H3/t17-,18+/i1D3,7D2,8D2/m1/s1. The number of benzene rings is 1. The van der Waals surface area contributed by atoms with Gasteiger partial charge in [-0.15, -0.1) is 0 Å². The van der Waals surface area contributed by atoms with Crippen molar-refractivity contribution in [1.82, 2.24) is 9.80 Å². The molecule has 0 bridgehead atoms. The van der Waals surface area contributed by atoms with Crippen LogP contribution in [0.2, 0.25) is 0 Å². The van der Waals surface area contributed by atoms with Crippen LogP contribution in [0.4, 0.5) is 11.4 Å². The molecule has 3 rings (SSSR count). The van der Waals surface area contributed by atoms with Gasteiger partial charge in [-0.05, 0) is 64.7 Å². The van der Waals surface area contributed by atoms with E-state index in [1.165, 1.54) is 18.0 Å². The highest BCUT2D eigenvalue weighted by Gasteiger charge is 2.27. The van der Waals surface area contributed by atoms with E-state index >= 15 is 0 Å². The summed E-state index contributed by atoms with van der Waals surface area (Å²) in [6.45, 7) is 2.39. The van der Waals surface area contributed by atoms with Gasteiger partial charge in [-0.2, -0.15) is 0 Å². The summed E-state index contributed by atoms with van der Waals surface area (Å²) in [5.74, 6) is 0. The van der Waals surface area contributed by atoms with Gasteiger partial charge in [-0.25, -0.2) is 0 Å². The lowest BCUT2D eigenvalue weighted by atomic mass is 10.1. The van der Waals surface area contributed by atoms with Crippen molar-refractivity contribution >= 4 is 11.4 Å². The first-order chi connectivity index (χ1) is 14.1. The summed E-state index contributed by atoms with van der Waals surface area (Å²) < 4.78 is 55.1. The molecule has 130 valence electrons. The van der Waals surface area contributed by atoms with E-state index < -0.39 is 26.0 Å². The summed E-state index contributed by atoms with van der Waals surface area (Å²) in [7, 11) is 0. The third kappa shape index (κ3) is 2.64. The zero-order valence-corrected chi connectivity index (χ0v) is 14.9. The summed E-state index contributed by atoms with van der Waals surface area (Å²) in [5.41, 5.74) is 3.70. The summed E-state index contributed by atoms with van der Waals surface area (Å²) >= 11 is 0. The van der Waals surface area contributed by atoms with Crippen LogP contribution in [-0.4, -0.2) is 35.1 Å². The van der Waals surface area contributed by atoms with Crippen molar-refractivity contribution in [2.24, 2.45) is 0 Å². The maximum atomic E-state index is 8.13. The molecule has 1 aromatic carbocycles. The van der Waals surface area contributed by atoms with Gasteiger partial charge in [0.2, 0.25) is 0 Å². The minimum atomic E-state index is -2.78. The van der Waals surface area contributed by atoms with E-state index in [0.29, 0.717) is 0 Å². The Hall–Kier alpha value is -2.10. The number of anilines is 2. The number of rotatable bonds is 4. The molecule has 2 aliphatic rings. The van der Waals surface area contributed by atoms with Crippen LogP contribution >= 0.6 is 0 Å². The normalized spacial score (nSPS) is 29.1. The molecule has 2 heterocycles. The Labute approximate surface area is 156 Å². The first kappa shape index (κ1) is 10.0. The fourth-order valence-corrected chi connectivity index (χ4v) is 3.37. The van der Waals surface area contributed by atoms with E-state index in [0.717, 1.165) is 22.5 Å². The fourth-order valence-electron chi connectivity index (χ4n) is 3.37. The van der Waals surface area contributed by atoms with Crippen molar-refractivity contribution in [2.45, 2.75) is 53.8 Å². The highest BCUT2D eigenvalue weighted by molar-refractivity contribution is 5.72. The largest absolute Gasteiger partial charge is 0.356 e. The average Bonchev–Trinajstić information content (AvgIpc) is 3.18. The minimum absolute atomic E-state index is 0.221. The Bertz CT molecular complexity index is 904. The van der Waals surface area contributed by atoms with Gasteiger partial charge < -0.3 is 19.6 Å². The Morgan fingerprint density at radius 3 is 1.83 bits per heavy atom. The molecular weight excluding hydrogens is 296 g/mol. The van der Waals surface area contributed by atoms with Gasteiger partial charge in [0.15, 0.2) is 0 Å². The SMILES string of the molecule is [2H]C([2H])(C)N1C=CN(c2cc(C)cc(N3C=CN(C([2H])([2H])C([2H])([2H])[2H])[C@H]3C)c2C)[C@H]1C. The van der Waals surface area contributed by atoms with Crippen LogP contribution < -0.4 is 9.80 Å². The smallest absolute Gasteiger partial charge is 0.102 e. The first-order valence-electron chi connectivity index (χ1n) is 11.7. The average molecular weight is 334 g/mol. The van der Waals surface area contributed by atoms with Gasteiger partial charge in [0.05, 0.1) is 0 Å². The molecule has 4 nitrogen and oxygen atoms in total. The van der Waals surface area contributed by atoms with Gasteiger partial charge in [0, 0.05) is 58.8 Å². The second kappa shape index (κ2) is 6.42. The Morgan fingerprint density at radius 1 is 0.917 bits per heavy atom. The minimum Gasteiger partial charge on any atom is -0.356 e. The zero-order valence-electron chi connectivity index (χ0n) is 21.9. The first-order valence-corrected chi connectivity index (χ1v) is 8.19. The maximum absolute atomic E-state index is 8.13. The summed E-state index contributed by atoms with van der Waals surface area (Å²) in [6.07, 6.45) is 6.06. The molecule has 0 saturated heterocycles. The number of nitrogens with zero attached hydrogens (tertiary/aromatic N) is 4. The van der Waals surface area contributed by atoms with Gasteiger partial charge >= 0.3 is 0 Å². The van der Waals surface area contributed by atoms with Crippen LogP contribution in [0.5, 0.6) is 0 Å². The van der Waals surface area contributed by atoms with Crippen molar-refractivity contribution in [3.05, 3.63) is 48.1 Å². The van der Waals surface area contributed by atoms with E-state index in [-0.39, 0.29) is 6.17 Å². The second-order valence-electron chi connectivity index (χ2n) is 6.25. The molecule has 24 heavy (non-hydrogen) atoms. The van der Waals surface area contributed by atoms with Crippen LogP contribution in [0.15, 0.2) is 36.9 Å². The quantitative estimate of drug-likeness (QED) is 0.818. The molecule has 0 saturated carbocycles. The van der Waals surface area contributed by atoms with Gasteiger partial charge in [0.25, 0.3) is 0 Å². The molecule has 0 aliphatic carbocycles.